The average Bonchev–Trinajstić information content (AvgIpc) is 2.42. The van der Waals surface area contributed by atoms with Gasteiger partial charge < -0.3 is 9.84 Å². The van der Waals surface area contributed by atoms with Gasteiger partial charge in [0, 0.05) is 13.5 Å². The highest BCUT2D eigenvalue weighted by molar-refractivity contribution is 5.80. The van der Waals surface area contributed by atoms with Crippen molar-refractivity contribution in [1.82, 2.24) is 4.90 Å². The van der Waals surface area contributed by atoms with E-state index in [-0.39, 0.29) is 13.0 Å². The first-order chi connectivity index (χ1) is 9.06. The zero-order valence-electron chi connectivity index (χ0n) is 10.8. The maximum atomic E-state index is 11.6. The summed E-state index contributed by atoms with van der Waals surface area (Å²) in [6, 6.07) is 8.17. The number of carbonyl (C=O) groups excluding carboxylic acids is 1. The van der Waals surface area contributed by atoms with Gasteiger partial charge in [-0.15, -0.1) is 0 Å². The SMILES string of the molecule is C=CCOC(=O)N(C)C(Cc1ccccc1)C(=O)O. The molecule has 0 heterocycles. The Labute approximate surface area is 112 Å². The molecule has 1 N–H and O–H groups in total. The number of ether oxygens (including phenoxy) is 1. The molecule has 0 saturated heterocycles. The van der Waals surface area contributed by atoms with E-state index < -0.39 is 18.1 Å². The molecule has 1 atom stereocenters. The van der Waals surface area contributed by atoms with E-state index in [1.165, 1.54) is 13.1 Å². The van der Waals surface area contributed by atoms with E-state index in [0.29, 0.717) is 0 Å². The zero-order valence-corrected chi connectivity index (χ0v) is 10.8. The van der Waals surface area contributed by atoms with Crippen molar-refractivity contribution in [1.29, 1.82) is 0 Å². The maximum absolute atomic E-state index is 11.6. The molecule has 0 aliphatic carbocycles. The lowest BCUT2D eigenvalue weighted by molar-refractivity contribution is -0.142. The van der Waals surface area contributed by atoms with Gasteiger partial charge in [-0.2, -0.15) is 0 Å². The molecule has 0 saturated carbocycles. The largest absolute Gasteiger partial charge is 0.480 e. The van der Waals surface area contributed by atoms with Gasteiger partial charge in [0.25, 0.3) is 0 Å². The molecular weight excluding hydrogens is 246 g/mol. The quantitative estimate of drug-likeness (QED) is 0.796. The first-order valence-corrected chi connectivity index (χ1v) is 5.83. The molecule has 0 radical (unpaired) electrons. The van der Waals surface area contributed by atoms with Crippen molar-refractivity contribution in [2.75, 3.05) is 13.7 Å². The lowest BCUT2D eigenvalue weighted by Crippen LogP contribution is -2.44. The minimum absolute atomic E-state index is 0.0564. The molecule has 0 aliphatic rings. The van der Waals surface area contributed by atoms with Crippen LogP contribution in [-0.4, -0.2) is 41.8 Å². The summed E-state index contributed by atoms with van der Waals surface area (Å²) in [5.41, 5.74) is 0.846. The van der Waals surface area contributed by atoms with Gasteiger partial charge in [-0.1, -0.05) is 43.0 Å². The summed E-state index contributed by atoms with van der Waals surface area (Å²) in [4.78, 5) is 24.0. The van der Waals surface area contributed by atoms with Crippen molar-refractivity contribution in [2.45, 2.75) is 12.5 Å². The summed E-state index contributed by atoms with van der Waals surface area (Å²) < 4.78 is 4.83. The van der Waals surface area contributed by atoms with Crippen molar-refractivity contribution in [3.05, 3.63) is 48.6 Å². The smallest absolute Gasteiger partial charge is 0.410 e. The van der Waals surface area contributed by atoms with E-state index in [2.05, 4.69) is 6.58 Å². The minimum atomic E-state index is -1.07. The molecule has 0 aromatic heterocycles. The van der Waals surface area contributed by atoms with E-state index >= 15 is 0 Å². The van der Waals surface area contributed by atoms with Gasteiger partial charge >= 0.3 is 12.1 Å². The standard InChI is InChI=1S/C14H17NO4/c1-3-9-19-14(18)15(2)12(13(16)17)10-11-7-5-4-6-8-11/h3-8,12H,1,9-10H2,2H3,(H,16,17). The number of hydrogen-bond acceptors (Lipinski definition) is 3. The Bertz CT molecular complexity index is 444. The first-order valence-electron chi connectivity index (χ1n) is 5.83. The molecule has 0 fully saturated rings. The molecule has 1 unspecified atom stereocenters. The van der Waals surface area contributed by atoms with Crippen molar-refractivity contribution < 1.29 is 19.4 Å². The molecule has 19 heavy (non-hydrogen) atoms. The van der Waals surface area contributed by atoms with E-state index in [0.717, 1.165) is 10.5 Å². The van der Waals surface area contributed by atoms with E-state index in [4.69, 9.17) is 4.74 Å². The van der Waals surface area contributed by atoms with Crippen molar-refractivity contribution in [3.63, 3.8) is 0 Å². The molecule has 1 aromatic carbocycles. The second kappa shape index (κ2) is 7.20. The fraction of sp³-hybridized carbons (Fsp3) is 0.286. The van der Waals surface area contributed by atoms with Crippen molar-refractivity contribution >= 4 is 12.1 Å². The van der Waals surface area contributed by atoms with E-state index in [9.17, 15) is 14.7 Å². The number of likely N-dealkylation sites (N-methyl/N-ethyl adjacent to an activating group) is 1. The van der Waals surface area contributed by atoms with Crippen LogP contribution < -0.4 is 0 Å². The summed E-state index contributed by atoms with van der Waals surface area (Å²) >= 11 is 0. The van der Waals surface area contributed by atoms with E-state index in [1.807, 2.05) is 30.3 Å². The molecule has 5 nitrogen and oxygen atoms in total. The van der Waals surface area contributed by atoms with E-state index in [1.54, 1.807) is 0 Å². The Morgan fingerprint density at radius 1 is 1.42 bits per heavy atom. The van der Waals surface area contributed by atoms with Gasteiger partial charge in [0.1, 0.15) is 12.6 Å². The van der Waals surface area contributed by atoms with Crippen LogP contribution in [0.5, 0.6) is 0 Å². The molecule has 1 rings (SSSR count). The number of amides is 1. The zero-order chi connectivity index (χ0) is 14.3. The Balaban J connectivity index is 2.74. The number of rotatable bonds is 6. The van der Waals surface area contributed by atoms with Crippen molar-refractivity contribution in [2.24, 2.45) is 0 Å². The lowest BCUT2D eigenvalue weighted by Gasteiger charge is -2.24. The van der Waals surface area contributed by atoms with Crippen LogP contribution in [0.1, 0.15) is 5.56 Å². The molecule has 1 amide bonds. The van der Waals surface area contributed by atoms with Crippen LogP contribution in [0.3, 0.4) is 0 Å². The number of carboxylic acids is 1. The normalized spacial score (nSPS) is 11.4. The molecular formula is C14H17NO4. The average molecular weight is 263 g/mol. The monoisotopic (exact) mass is 263 g/mol. The highest BCUT2D eigenvalue weighted by atomic mass is 16.6. The number of carbonyl (C=O) groups is 2. The highest BCUT2D eigenvalue weighted by Crippen LogP contribution is 2.09. The number of hydrogen-bond donors (Lipinski definition) is 1. The molecule has 5 heteroatoms. The van der Waals surface area contributed by atoms with Crippen LogP contribution in [0.25, 0.3) is 0 Å². The van der Waals surface area contributed by atoms with Gasteiger partial charge in [0.05, 0.1) is 0 Å². The highest BCUT2D eigenvalue weighted by Gasteiger charge is 2.27. The molecule has 0 bridgehead atoms. The Morgan fingerprint density at radius 3 is 2.58 bits per heavy atom. The third-order valence-corrected chi connectivity index (χ3v) is 2.64. The number of carboxylic acid groups (broad SMARTS) is 1. The van der Waals surface area contributed by atoms with Crippen molar-refractivity contribution in [3.8, 4) is 0 Å². The molecule has 102 valence electrons. The summed E-state index contributed by atoms with van der Waals surface area (Å²) in [5.74, 6) is -1.07. The van der Waals surface area contributed by atoms with Crippen LogP contribution in [-0.2, 0) is 16.0 Å². The van der Waals surface area contributed by atoms with Gasteiger partial charge in [0.15, 0.2) is 0 Å². The van der Waals surface area contributed by atoms with Crippen LogP contribution in [0, 0.1) is 0 Å². The Hall–Kier alpha value is -2.30. The van der Waals surface area contributed by atoms with Crippen LogP contribution >= 0.6 is 0 Å². The second-order valence-corrected chi connectivity index (χ2v) is 4.02. The van der Waals surface area contributed by atoms with Gasteiger partial charge in [-0.25, -0.2) is 9.59 Å². The number of nitrogens with zero attached hydrogens (tertiary/aromatic N) is 1. The second-order valence-electron chi connectivity index (χ2n) is 4.02. The number of aliphatic carboxylic acids is 1. The van der Waals surface area contributed by atoms with Gasteiger partial charge in [-0.05, 0) is 5.56 Å². The molecule has 0 spiro atoms. The summed E-state index contributed by atoms with van der Waals surface area (Å²) in [6.45, 7) is 3.48. The Kier molecular flexibility index (Phi) is 5.60. The third-order valence-electron chi connectivity index (χ3n) is 2.64. The predicted molar refractivity (Wildman–Crippen MR) is 70.9 cm³/mol. The first kappa shape index (κ1) is 14.8. The van der Waals surface area contributed by atoms with Crippen LogP contribution in [0.4, 0.5) is 4.79 Å². The molecule has 0 aliphatic heterocycles. The predicted octanol–water partition coefficient (Wildman–Crippen LogP) is 1.94. The van der Waals surface area contributed by atoms with Crippen LogP contribution in [0.15, 0.2) is 43.0 Å². The lowest BCUT2D eigenvalue weighted by atomic mass is 10.1. The Morgan fingerprint density at radius 2 is 2.05 bits per heavy atom. The topological polar surface area (TPSA) is 66.8 Å². The minimum Gasteiger partial charge on any atom is -0.480 e. The summed E-state index contributed by atoms with van der Waals surface area (Å²) in [6.07, 6.45) is 0.984. The van der Waals surface area contributed by atoms with Gasteiger partial charge in [-0.3, -0.25) is 4.90 Å². The van der Waals surface area contributed by atoms with Crippen LogP contribution in [0.2, 0.25) is 0 Å². The fourth-order valence-electron chi connectivity index (χ4n) is 1.59. The fourth-order valence-corrected chi connectivity index (χ4v) is 1.59. The maximum Gasteiger partial charge on any atom is 0.410 e. The number of benzene rings is 1. The van der Waals surface area contributed by atoms with Gasteiger partial charge in [0.2, 0.25) is 0 Å². The molecule has 1 aromatic rings. The summed E-state index contributed by atoms with van der Waals surface area (Å²) in [7, 11) is 1.41. The third kappa shape index (κ3) is 4.46. The summed E-state index contributed by atoms with van der Waals surface area (Å²) in [5, 5.41) is 9.21.